The smallest absolute Gasteiger partial charge is 0.318 e. The average molecular weight is 422 g/mol. The van der Waals surface area contributed by atoms with Crippen LogP contribution < -0.4 is 19.9 Å². The minimum Gasteiger partial charge on any atom is -0.491 e. The van der Waals surface area contributed by atoms with Gasteiger partial charge in [-0.2, -0.15) is 4.98 Å². The Bertz CT molecular complexity index is 1110. The lowest BCUT2D eigenvalue weighted by Gasteiger charge is -2.36. The second-order valence-electron chi connectivity index (χ2n) is 8.03. The normalized spacial score (nSPS) is 16.3. The molecule has 2 aliphatic rings. The van der Waals surface area contributed by atoms with Gasteiger partial charge in [0.05, 0.1) is 18.9 Å². The number of nitrogens with one attached hydrogen (secondary N) is 1. The molecule has 2 aromatic heterocycles. The molecule has 162 valence electrons. The molecule has 1 fully saturated rings. The Morgan fingerprint density at radius 2 is 2.00 bits per heavy atom. The lowest BCUT2D eigenvalue weighted by molar-refractivity contribution is 0.233. The van der Waals surface area contributed by atoms with Crippen molar-refractivity contribution in [3.8, 4) is 11.8 Å². The molecule has 1 aromatic carbocycles. The van der Waals surface area contributed by atoms with Gasteiger partial charge in [-0.1, -0.05) is 12.1 Å². The first-order valence-electron chi connectivity index (χ1n) is 11.0. The zero-order chi connectivity index (χ0) is 21.0. The number of rotatable bonds is 7. The van der Waals surface area contributed by atoms with Gasteiger partial charge in [0, 0.05) is 50.2 Å². The number of para-hydroxylation sites is 1. The highest BCUT2D eigenvalue weighted by Gasteiger charge is 2.23. The molecule has 2 aliphatic heterocycles. The van der Waals surface area contributed by atoms with E-state index in [9.17, 15) is 4.79 Å². The summed E-state index contributed by atoms with van der Waals surface area (Å²) in [6.07, 6.45) is 4.69. The number of benzene rings is 1. The number of fused-ring (bicyclic) bond motifs is 2. The summed E-state index contributed by atoms with van der Waals surface area (Å²) >= 11 is 0. The van der Waals surface area contributed by atoms with Crippen LogP contribution in [0.2, 0.25) is 0 Å². The minimum absolute atomic E-state index is 0.179. The predicted octanol–water partition coefficient (Wildman–Crippen LogP) is 2.23. The fourth-order valence-electron chi connectivity index (χ4n) is 4.25. The topological polar surface area (TPSA) is 83.6 Å². The molecule has 0 amide bonds. The maximum atomic E-state index is 11.4. The second-order valence-corrected chi connectivity index (χ2v) is 8.03. The molecule has 1 N–H and O–H groups in total. The van der Waals surface area contributed by atoms with Crippen LogP contribution in [0.1, 0.15) is 18.4 Å². The van der Waals surface area contributed by atoms with Crippen molar-refractivity contribution in [2.45, 2.75) is 19.3 Å². The maximum absolute atomic E-state index is 11.4. The van der Waals surface area contributed by atoms with Crippen molar-refractivity contribution in [3.05, 3.63) is 52.4 Å². The lowest BCUT2D eigenvalue weighted by atomic mass is 10.1. The quantitative estimate of drug-likeness (QED) is 0.586. The van der Waals surface area contributed by atoms with Gasteiger partial charge < -0.3 is 19.4 Å². The van der Waals surface area contributed by atoms with E-state index >= 15 is 0 Å². The van der Waals surface area contributed by atoms with Crippen LogP contribution >= 0.6 is 0 Å². The summed E-state index contributed by atoms with van der Waals surface area (Å²) in [5, 5.41) is 0.790. The standard InChI is InChI=1S/C23H27N5O3/c29-20-7-6-18-16-24-23(26-22(18)25-20)31-14-2-1-9-27-10-12-28(13-11-27)19-5-3-4-17-8-15-30-21(17)19/h3-7,16H,1-2,8-15H2,(H,24,25,26,29). The molecular weight excluding hydrogens is 394 g/mol. The molecule has 31 heavy (non-hydrogen) atoms. The molecule has 0 bridgehead atoms. The molecule has 5 rings (SSSR count). The van der Waals surface area contributed by atoms with Gasteiger partial charge in [0.25, 0.3) is 0 Å². The summed E-state index contributed by atoms with van der Waals surface area (Å²) in [4.78, 5) is 27.6. The first kappa shape index (κ1) is 19.8. The molecule has 8 nitrogen and oxygen atoms in total. The van der Waals surface area contributed by atoms with Gasteiger partial charge in [-0.3, -0.25) is 9.69 Å². The van der Waals surface area contributed by atoms with Crippen LogP contribution in [-0.4, -0.2) is 65.8 Å². The monoisotopic (exact) mass is 421 g/mol. The number of ether oxygens (including phenoxy) is 2. The van der Waals surface area contributed by atoms with E-state index in [1.54, 1.807) is 12.3 Å². The van der Waals surface area contributed by atoms with Gasteiger partial charge >= 0.3 is 6.01 Å². The molecule has 0 spiro atoms. The molecule has 0 unspecified atom stereocenters. The molecule has 0 saturated carbocycles. The number of hydrogen-bond acceptors (Lipinski definition) is 7. The van der Waals surface area contributed by atoms with Crippen molar-refractivity contribution in [1.29, 1.82) is 0 Å². The van der Waals surface area contributed by atoms with Crippen LogP contribution in [0.15, 0.2) is 41.3 Å². The van der Waals surface area contributed by atoms with Gasteiger partial charge in [-0.15, -0.1) is 0 Å². The van der Waals surface area contributed by atoms with Crippen molar-refractivity contribution in [1.82, 2.24) is 19.9 Å². The lowest BCUT2D eigenvalue weighted by Crippen LogP contribution is -2.46. The van der Waals surface area contributed by atoms with Crippen molar-refractivity contribution in [2.24, 2.45) is 0 Å². The largest absolute Gasteiger partial charge is 0.491 e. The Hall–Kier alpha value is -3.13. The van der Waals surface area contributed by atoms with Crippen LogP contribution in [0.5, 0.6) is 11.8 Å². The Kier molecular flexibility index (Phi) is 5.71. The van der Waals surface area contributed by atoms with Crippen LogP contribution in [0, 0.1) is 0 Å². The molecule has 4 heterocycles. The number of nitrogens with zero attached hydrogens (tertiary/aromatic N) is 4. The average Bonchev–Trinajstić information content (AvgIpc) is 3.28. The summed E-state index contributed by atoms with van der Waals surface area (Å²) < 4.78 is 11.5. The number of aromatic nitrogens is 3. The number of anilines is 1. The molecule has 3 aromatic rings. The summed E-state index contributed by atoms with van der Waals surface area (Å²) in [6, 6.07) is 9.98. The van der Waals surface area contributed by atoms with E-state index in [1.165, 1.54) is 17.3 Å². The van der Waals surface area contributed by atoms with Crippen molar-refractivity contribution in [2.75, 3.05) is 50.8 Å². The van der Waals surface area contributed by atoms with E-state index in [4.69, 9.17) is 9.47 Å². The fourth-order valence-corrected chi connectivity index (χ4v) is 4.25. The third kappa shape index (κ3) is 4.49. The highest BCUT2D eigenvalue weighted by Crippen LogP contribution is 2.36. The molecule has 8 heteroatoms. The predicted molar refractivity (Wildman–Crippen MR) is 119 cm³/mol. The van der Waals surface area contributed by atoms with Gasteiger partial charge in [0.1, 0.15) is 11.4 Å². The summed E-state index contributed by atoms with van der Waals surface area (Å²) in [7, 11) is 0. The number of unbranched alkanes of at least 4 members (excludes halogenated alkanes) is 1. The number of pyridine rings is 1. The zero-order valence-corrected chi connectivity index (χ0v) is 17.5. The molecular formula is C23H27N5O3. The highest BCUT2D eigenvalue weighted by atomic mass is 16.5. The van der Waals surface area contributed by atoms with Crippen molar-refractivity contribution in [3.63, 3.8) is 0 Å². The maximum Gasteiger partial charge on any atom is 0.318 e. The van der Waals surface area contributed by atoms with Crippen LogP contribution in [0.25, 0.3) is 11.0 Å². The number of H-pyrrole nitrogens is 1. The number of aromatic amines is 1. The summed E-state index contributed by atoms with van der Waals surface area (Å²) in [5.41, 5.74) is 2.91. The van der Waals surface area contributed by atoms with E-state index < -0.39 is 0 Å². The summed E-state index contributed by atoms with van der Waals surface area (Å²) in [6.45, 7) is 6.61. The fraction of sp³-hybridized carbons (Fsp3) is 0.435. The Labute approximate surface area is 180 Å². The van der Waals surface area contributed by atoms with E-state index in [0.717, 1.165) is 69.7 Å². The second kappa shape index (κ2) is 8.93. The third-order valence-corrected chi connectivity index (χ3v) is 5.96. The molecule has 1 saturated heterocycles. The van der Waals surface area contributed by atoms with Crippen LogP contribution in [0.4, 0.5) is 5.69 Å². The Morgan fingerprint density at radius 3 is 2.90 bits per heavy atom. The van der Waals surface area contributed by atoms with Crippen molar-refractivity contribution < 1.29 is 9.47 Å². The van der Waals surface area contributed by atoms with Crippen LogP contribution in [-0.2, 0) is 6.42 Å². The number of hydrogen-bond donors (Lipinski definition) is 1. The van der Waals surface area contributed by atoms with Gasteiger partial charge in [0.15, 0.2) is 0 Å². The molecule has 0 radical (unpaired) electrons. The SMILES string of the molecule is O=c1ccc2cnc(OCCCCN3CCN(c4cccc5c4OCC5)CC3)nc2[nH]1. The van der Waals surface area contributed by atoms with Gasteiger partial charge in [0.2, 0.25) is 5.56 Å². The molecule has 0 atom stereocenters. The first-order valence-corrected chi connectivity index (χ1v) is 11.0. The summed E-state index contributed by atoms with van der Waals surface area (Å²) in [5.74, 6) is 1.09. The Morgan fingerprint density at radius 1 is 1.10 bits per heavy atom. The van der Waals surface area contributed by atoms with E-state index in [2.05, 4.69) is 43.0 Å². The highest BCUT2D eigenvalue weighted by molar-refractivity contribution is 5.73. The minimum atomic E-state index is -0.179. The van der Waals surface area contributed by atoms with Gasteiger partial charge in [-0.05, 0) is 37.1 Å². The number of piperazine rings is 1. The zero-order valence-electron chi connectivity index (χ0n) is 17.5. The van der Waals surface area contributed by atoms with Crippen molar-refractivity contribution >= 4 is 16.7 Å². The molecule has 0 aliphatic carbocycles. The first-order chi connectivity index (χ1) is 15.3. The van der Waals surface area contributed by atoms with E-state index in [-0.39, 0.29) is 5.56 Å². The third-order valence-electron chi connectivity index (χ3n) is 5.96. The van der Waals surface area contributed by atoms with E-state index in [1.807, 2.05) is 0 Å². The Balaban J connectivity index is 1.04. The van der Waals surface area contributed by atoms with Crippen LogP contribution in [0.3, 0.4) is 0 Å². The van der Waals surface area contributed by atoms with E-state index in [0.29, 0.717) is 18.3 Å². The van der Waals surface area contributed by atoms with Gasteiger partial charge in [-0.25, -0.2) is 4.98 Å².